The molecule has 2 amide bonds. The van der Waals surface area contributed by atoms with Crippen LogP contribution in [0.2, 0.25) is 0 Å². The lowest BCUT2D eigenvalue weighted by molar-refractivity contribution is 0.0298. The number of hydrogen-bond acceptors (Lipinski definition) is 5. The SMILES string of the molecule is CCCCOC(=O)N1CCCn2nc(C(=O)N3CCOCC3)cc2C1. The third-order valence-corrected chi connectivity index (χ3v) is 4.51. The number of fused-ring (bicyclic) bond motifs is 1. The van der Waals surface area contributed by atoms with Crippen LogP contribution in [0.25, 0.3) is 0 Å². The van der Waals surface area contributed by atoms with Crippen LogP contribution in [0, 0.1) is 0 Å². The summed E-state index contributed by atoms with van der Waals surface area (Å²) in [5.41, 5.74) is 1.32. The van der Waals surface area contributed by atoms with Gasteiger partial charge in [-0.2, -0.15) is 5.10 Å². The number of carbonyl (C=O) groups is 2. The monoisotopic (exact) mass is 350 g/mol. The van der Waals surface area contributed by atoms with Gasteiger partial charge < -0.3 is 19.3 Å². The molecule has 1 fully saturated rings. The number of nitrogens with zero attached hydrogens (tertiary/aromatic N) is 4. The van der Waals surface area contributed by atoms with E-state index in [2.05, 4.69) is 12.0 Å². The van der Waals surface area contributed by atoms with E-state index in [1.807, 2.05) is 4.68 Å². The fraction of sp³-hybridized carbons (Fsp3) is 0.706. The van der Waals surface area contributed by atoms with E-state index in [4.69, 9.17) is 9.47 Å². The van der Waals surface area contributed by atoms with Crippen LogP contribution in [0.4, 0.5) is 4.79 Å². The van der Waals surface area contributed by atoms with Gasteiger partial charge >= 0.3 is 6.09 Å². The highest BCUT2D eigenvalue weighted by molar-refractivity contribution is 5.92. The molecule has 1 aromatic heterocycles. The molecular formula is C17H26N4O4. The zero-order valence-corrected chi connectivity index (χ0v) is 14.8. The minimum Gasteiger partial charge on any atom is -0.449 e. The van der Waals surface area contributed by atoms with Crippen molar-refractivity contribution in [2.45, 2.75) is 39.3 Å². The third kappa shape index (κ3) is 4.31. The number of aryl methyl sites for hydroxylation is 1. The van der Waals surface area contributed by atoms with E-state index in [0.29, 0.717) is 58.2 Å². The van der Waals surface area contributed by atoms with Crippen molar-refractivity contribution in [1.29, 1.82) is 0 Å². The van der Waals surface area contributed by atoms with E-state index in [1.54, 1.807) is 15.9 Å². The predicted molar refractivity (Wildman–Crippen MR) is 90.2 cm³/mol. The highest BCUT2D eigenvalue weighted by Gasteiger charge is 2.26. The van der Waals surface area contributed by atoms with Gasteiger partial charge in [0.05, 0.1) is 32.1 Å². The molecule has 8 heteroatoms. The molecule has 2 aliphatic rings. The molecule has 0 spiro atoms. The topological polar surface area (TPSA) is 76.9 Å². The highest BCUT2D eigenvalue weighted by atomic mass is 16.6. The van der Waals surface area contributed by atoms with Crippen LogP contribution in [0.3, 0.4) is 0 Å². The summed E-state index contributed by atoms with van der Waals surface area (Å²) in [5.74, 6) is -0.0686. The van der Waals surface area contributed by atoms with Gasteiger partial charge in [0.1, 0.15) is 0 Å². The largest absolute Gasteiger partial charge is 0.449 e. The first-order valence-corrected chi connectivity index (χ1v) is 9.04. The lowest BCUT2D eigenvalue weighted by Gasteiger charge is -2.26. The molecule has 0 saturated carbocycles. The van der Waals surface area contributed by atoms with Crippen LogP contribution >= 0.6 is 0 Å². The standard InChI is InChI=1S/C17H26N4O4/c1-2-3-9-25-17(23)20-5-4-6-21-14(13-20)12-15(18-21)16(22)19-7-10-24-11-8-19/h12H,2-11,13H2,1H3. The predicted octanol–water partition coefficient (Wildman–Crippen LogP) is 1.50. The molecule has 25 heavy (non-hydrogen) atoms. The average Bonchev–Trinajstić information content (AvgIpc) is 2.93. The number of ether oxygens (including phenoxy) is 2. The van der Waals surface area contributed by atoms with Crippen molar-refractivity contribution < 1.29 is 19.1 Å². The third-order valence-electron chi connectivity index (χ3n) is 4.51. The Labute approximate surface area is 147 Å². The van der Waals surface area contributed by atoms with Crippen LogP contribution < -0.4 is 0 Å². The summed E-state index contributed by atoms with van der Waals surface area (Å²) in [5, 5.41) is 4.46. The molecule has 2 aliphatic heterocycles. The second-order valence-corrected chi connectivity index (χ2v) is 6.39. The van der Waals surface area contributed by atoms with Gasteiger partial charge in [-0.25, -0.2) is 4.79 Å². The summed E-state index contributed by atoms with van der Waals surface area (Å²) in [6.07, 6.45) is 2.37. The minimum atomic E-state index is -0.288. The molecule has 0 N–H and O–H groups in total. The first kappa shape index (κ1) is 17.7. The van der Waals surface area contributed by atoms with Crippen molar-refractivity contribution in [3.63, 3.8) is 0 Å². The lowest BCUT2D eigenvalue weighted by Crippen LogP contribution is -2.40. The number of unbranched alkanes of at least 4 members (excludes halogenated alkanes) is 1. The number of carbonyl (C=O) groups excluding carboxylic acids is 2. The molecule has 1 saturated heterocycles. The quantitative estimate of drug-likeness (QED) is 0.769. The van der Waals surface area contributed by atoms with Gasteiger partial charge in [0.2, 0.25) is 0 Å². The van der Waals surface area contributed by atoms with Crippen molar-refractivity contribution in [2.75, 3.05) is 39.5 Å². The van der Waals surface area contributed by atoms with Crippen LogP contribution in [0.1, 0.15) is 42.4 Å². The van der Waals surface area contributed by atoms with Gasteiger partial charge in [0.25, 0.3) is 5.91 Å². The maximum absolute atomic E-state index is 12.6. The number of amides is 2. The molecule has 0 bridgehead atoms. The molecule has 3 heterocycles. The Kier molecular flexibility index (Phi) is 5.91. The van der Waals surface area contributed by atoms with Crippen LogP contribution in [0.5, 0.6) is 0 Å². The highest BCUT2D eigenvalue weighted by Crippen LogP contribution is 2.16. The first-order chi connectivity index (χ1) is 12.2. The fourth-order valence-electron chi connectivity index (χ4n) is 3.05. The van der Waals surface area contributed by atoms with Gasteiger partial charge in [-0.15, -0.1) is 0 Å². The maximum atomic E-state index is 12.6. The van der Waals surface area contributed by atoms with E-state index in [1.165, 1.54) is 0 Å². The van der Waals surface area contributed by atoms with Gasteiger partial charge in [0, 0.05) is 26.2 Å². The van der Waals surface area contributed by atoms with Gasteiger partial charge in [-0.3, -0.25) is 9.48 Å². The summed E-state index contributed by atoms with van der Waals surface area (Å²) in [7, 11) is 0. The number of aromatic nitrogens is 2. The number of hydrogen-bond donors (Lipinski definition) is 0. The van der Waals surface area contributed by atoms with Crippen molar-refractivity contribution in [3.8, 4) is 0 Å². The molecular weight excluding hydrogens is 324 g/mol. The molecule has 0 aliphatic carbocycles. The Balaban J connectivity index is 1.66. The van der Waals surface area contributed by atoms with E-state index >= 15 is 0 Å². The van der Waals surface area contributed by atoms with E-state index in [-0.39, 0.29) is 12.0 Å². The van der Waals surface area contributed by atoms with Crippen LogP contribution in [-0.4, -0.2) is 71.0 Å². The molecule has 1 aromatic rings. The number of rotatable bonds is 4. The second-order valence-electron chi connectivity index (χ2n) is 6.39. The Morgan fingerprint density at radius 3 is 2.76 bits per heavy atom. The number of morpholine rings is 1. The first-order valence-electron chi connectivity index (χ1n) is 9.04. The summed E-state index contributed by atoms with van der Waals surface area (Å²) >= 11 is 0. The van der Waals surface area contributed by atoms with Crippen LogP contribution in [0.15, 0.2) is 6.07 Å². The average molecular weight is 350 g/mol. The second kappa shape index (κ2) is 8.33. The Bertz CT molecular complexity index is 610. The van der Waals surface area contributed by atoms with Crippen molar-refractivity contribution >= 4 is 12.0 Å². The molecule has 0 aromatic carbocycles. The van der Waals surface area contributed by atoms with Crippen molar-refractivity contribution in [3.05, 3.63) is 17.5 Å². The molecule has 0 unspecified atom stereocenters. The Hall–Kier alpha value is -2.09. The summed E-state index contributed by atoms with van der Waals surface area (Å²) in [6.45, 7) is 6.60. The maximum Gasteiger partial charge on any atom is 0.410 e. The van der Waals surface area contributed by atoms with E-state index < -0.39 is 0 Å². The zero-order valence-electron chi connectivity index (χ0n) is 14.8. The Morgan fingerprint density at radius 2 is 2.00 bits per heavy atom. The molecule has 3 rings (SSSR count). The van der Waals surface area contributed by atoms with Crippen molar-refractivity contribution in [2.24, 2.45) is 0 Å². The van der Waals surface area contributed by atoms with Crippen molar-refractivity contribution in [1.82, 2.24) is 19.6 Å². The summed E-state index contributed by atoms with van der Waals surface area (Å²) < 4.78 is 12.4. The lowest BCUT2D eigenvalue weighted by atomic mass is 10.3. The normalized spacial score (nSPS) is 17.8. The minimum absolute atomic E-state index is 0.0686. The smallest absolute Gasteiger partial charge is 0.410 e. The van der Waals surface area contributed by atoms with Gasteiger partial charge in [0.15, 0.2) is 5.69 Å². The Morgan fingerprint density at radius 1 is 1.20 bits per heavy atom. The van der Waals surface area contributed by atoms with Gasteiger partial charge in [-0.05, 0) is 18.9 Å². The summed E-state index contributed by atoms with van der Waals surface area (Å²) in [4.78, 5) is 28.3. The molecule has 0 atom stereocenters. The fourth-order valence-corrected chi connectivity index (χ4v) is 3.05. The van der Waals surface area contributed by atoms with E-state index in [0.717, 1.165) is 25.0 Å². The summed E-state index contributed by atoms with van der Waals surface area (Å²) in [6, 6.07) is 1.80. The van der Waals surface area contributed by atoms with E-state index in [9.17, 15) is 9.59 Å². The molecule has 138 valence electrons. The molecule has 8 nitrogen and oxygen atoms in total. The van der Waals surface area contributed by atoms with Crippen LogP contribution in [-0.2, 0) is 22.6 Å². The van der Waals surface area contributed by atoms with Gasteiger partial charge in [-0.1, -0.05) is 13.3 Å². The molecule has 0 radical (unpaired) electrons. The zero-order chi connectivity index (χ0) is 17.6.